The third-order valence-corrected chi connectivity index (χ3v) is 7.25. The van der Waals surface area contributed by atoms with Crippen molar-refractivity contribution in [2.45, 2.75) is 10.1 Å². The van der Waals surface area contributed by atoms with Gasteiger partial charge in [-0.2, -0.15) is 0 Å². The number of ether oxygens (including phenoxy) is 4. The summed E-state index contributed by atoms with van der Waals surface area (Å²) in [7, 11) is 6.16. The first kappa shape index (κ1) is 28.4. The first-order valence-corrected chi connectivity index (χ1v) is 13.2. The van der Waals surface area contributed by atoms with Gasteiger partial charge >= 0.3 is 0 Å². The van der Waals surface area contributed by atoms with E-state index in [1.165, 1.54) is 33.1 Å². The van der Waals surface area contributed by atoms with Gasteiger partial charge in [-0.3, -0.25) is 9.59 Å². The van der Waals surface area contributed by atoms with Crippen LogP contribution in [-0.4, -0.2) is 40.3 Å². The first-order chi connectivity index (χ1) is 19.4. The molecule has 4 aromatic carbocycles. The van der Waals surface area contributed by atoms with Crippen LogP contribution in [0, 0.1) is 0 Å². The van der Waals surface area contributed by atoms with Crippen LogP contribution in [-0.2, 0) is 4.79 Å². The maximum Gasteiger partial charge on any atom is 0.255 e. The van der Waals surface area contributed by atoms with Crippen LogP contribution in [0.25, 0.3) is 0 Å². The summed E-state index contributed by atoms with van der Waals surface area (Å²) in [5.74, 6) is 1.59. The van der Waals surface area contributed by atoms with Gasteiger partial charge in [0.05, 0.1) is 34.1 Å². The molecule has 2 amide bonds. The van der Waals surface area contributed by atoms with Gasteiger partial charge < -0.3 is 29.6 Å². The number of anilines is 2. The van der Waals surface area contributed by atoms with Crippen molar-refractivity contribution in [2.75, 3.05) is 39.1 Å². The summed E-state index contributed by atoms with van der Waals surface area (Å²) in [6.45, 7) is 0. The van der Waals surface area contributed by atoms with E-state index < -0.39 is 5.25 Å². The molecule has 0 aliphatic carbocycles. The van der Waals surface area contributed by atoms with Gasteiger partial charge in [0, 0.05) is 22.2 Å². The minimum absolute atomic E-state index is 0.223. The summed E-state index contributed by atoms with van der Waals surface area (Å²) >= 11 is 1.37. The maximum atomic E-state index is 13.6. The minimum Gasteiger partial charge on any atom is -0.497 e. The lowest BCUT2D eigenvalue weighted by Crippen LogP contribution is -2.19. The molecule has 0 aromatic heterocycles. The third-order valence-electron chi connectivity index (χ3n) is 6.00. The van der Waals surface area contributed by atoms with E-state index in [0.717, 1.165) is 10.5 Å². The standard InChI is InChI=1S/C31H30N2O6S/c1-36-23-14-15-25(27(19-23)38-3)33-31(35)29(20-9-6-5-7-10-20)40-24-12-8-11-22(18-24)32-30(34)21-13-16-26(37-2)28(17-21)39-4/h5-19,29H,1-4H3,(H,32,34)(H,33,35). The zero-order valence-corrected chi connectivity index (χ0v) is 23.4. The lowest BCUT2D eigenvalue weighted by molar-refractivity contribution is -0.115. The number of rotatable bonds is 11. The SMILES string of the molecule is COc1ccc(NC(=O)C(Sc2cccc(NC(=O)c3ccc(OC)c(OC)c3)c2)c2ccccc2)c(OC)c1. The Morgan fingerprint density at radius 3 is 2.12 bits per heavy atom. The van der Waals surface area contributed by atoms with E-state index in [0.29, 0.717) is 39.9 Å². The Balaban J connectivity index is 1.55. The molecule has 4 rings (SSSR count). The molecule has 1 atom stereocenters. The third kappa shape index (κ3) is 6.86. The van der Waals surface area contributed by atoms with Crippen molar-refractivity contribution in [3.63, 3.8) is 0 Å². The second-order valence-corrected chi connectivity index (χ2v) is 9.69. The van der Waals surface area contributed by atoms with Crippen LogP contribution in [0.15, 0.2) is 95.9 Å². The fourth-order valence-electron chi connectivity index (χ4n) is 3.96. The number of carbonyl (C=O) groups is 2. The lowest BCUT2D eigenvalue weighted by atomic mass is 10.1. The van der Waals surface area contributed by atoms with E-state index in [4.69, 9.17) is 18.9 Å². The van der Waals surface area contributed by atoms with Gasteiger partial charge in [0.15, 0.2) is 11.5 Å². The number of benzene rings is 4. The molecule has 8 nitrogen and oxygen atoms in total. The summed E-state index contributed by atoms with van der Waals surface area (Å²) in [6.07, 6.45) is 0. The molecule has 0 bridgehead atoms. The first-order valence-electron chi connectivity index (χ1n) is 12.3. The van der Waals surface area contributed by atoms with Crippen LogP contribution in [0.1, 0.15) is 21.2 Å². The molecule has 0 aliphatic heterocycles. The number of amides is 2. The quantitative estimate of drug-likeness (QED) is 0.204. The monoisotopic (exact) mass is 558 g/mol. The molecule has 1 unspecified atom stereocenters. The van der Waals surface area contributed by atoms with Gasteiger partial charge in [0.2, 0.25) is 5.91 Å². The molecule has 4 aromatic rings. The number of methoxy groups -OCH3 is 4. The molecule has 206 valence electrons. The van der Waals surface area contributed by atoms with Crippen LogP contribution in [0.4, 0.5) is 11.4 Å². The van der Waals surface area contributed by atoms with Crippen LogP contribution in [0.3, 0.4) is 0 Å². The number of carbonyl (C=O) groups excluding carboxylic acids is 2. The maximum absolute atomic E-state index is 13.6. The fourth-order valence-corrected chi connectivity index (χ4v) is 5.05. The summed E-state index contributed by atoms with van der Waals surface area (Å²) in [5.41, 5.74) is 2.38. The molecule has 0 saturated carbocycles. The average molecular weight is 559 g/mol. The van der Waals surface area contributed by atoms with E-state index in [1.807, 2.05) is 48.5 Å². The molecule has 0 aliphatic rings. The largest absolute Gasteiger partial charge is 0.497 e. The summed E-state index contributed by atoms with van der Waals surface area (Å²) in [4.78, 5) is 27.3. The zero-order chi connectivity index (χ0) is 28.5. The zero-order valence-electron chi connectivity index (χ0n) is 22.6. The molecule has 0 radical (unpaired) electrons. The highest BCUT2D eigenvalue weighted by molar-refractivity contribution is 8.00. The van der Waals surface area contributed by atoms with Gasteiger partial charge in [-0.25, -0.2) is 0 Å². The minimum atomic E-state index is -0.579. The number of hydrogen-bond acceptors (Lipinski definition) is 7. The molecule has 9 heteroatoms. The van der Waals surface area contributed by atoms with E-state index in [-0.39, 0.29) is 11.8 Å². The highest BCUT2D eigenvalue weighted by Gasteiger charge is 2.24. The predicted molar refractivity (Wildman–Crippen MR) is 157 cm³/mol. The molecule has 40 heavy (non-hydrogen) atoms. The van der Waals surface area contributed by atoms with Crippen LogP contribution < -0.4 is 29.6 Å². The van der Waals surface area contributed by atoms with Crippen molar-refractivity contribution in [2.24, 2.45) is 0 Å². The molecule has 0 saturated heterocycles. The summed E-state index contributed by atoms with van der Waals surface area (Å²) < 4.78 is 21.3. The van der Waals surface area contributed by atoms with Crippen molar-refractivity contribution in [1.29, 1.82) is 0 Å². The Kier molecular flexibility index (Phi) is 9.53. The highest BCUT2D eigenvalue weighted by Crippen LogP contribution is 2.38. The average Bonchev–Trinajstić information content (AvgIpc) is 3.00. The molecule has 2 N–H and O–H groups in total. The molecule has 0 spiro atoms. The second kappa shape index (κ2) is 13.4. The molecule has 0 heterocycles. The molecular formula is C31H30N2O6S. The summed E-state index contributed by atoms with van der Waals surface area (Å²) in [5, 5.41) is 5.33. The van der Waals surface area contributed by atoms with Gasteiger partial charge in [-0.15, -0.1) is 11.8 Å². The smallest absolute Gasteiger partial charge is 0.255 e. The van der Waals surface area contributed by atoms with E-state index in [2.05, 4.69) is 10.6 Å². The molecule has 0 fully saturated rings. The van der Waals surface area contributed by atoms with Crippen molar-refractivity contribution in [3.05, 3.63) is 102 Å². The number of nitrogens with one attached hydrogen (secondary N) is 2. The van der Waals surface area contributed by atoms with Crippen LogP contribution in [0.2, 0.25) is 0 Å². The van der Waals surface area contributed by atoms with Crippen molar-refractivity contribution >= 4 is 35.0 Å². The van der Waals surface area contributed by atoms with Crippen LogP contribution >= 0.6 is 11.8 Å². The predicted octanol–water partition coefficient (Wildman–Crippen LogP) is 6.45. The Bertz CT molecular complexity index is 1480. The Labute approximate surface area is 237 Å². The van der Waals surface area contributed by atoms with Gasteiger partial charge in [-0.1, -0.05) is 36.4 Å². The Morgan fingerprint density at radius 2 is 1.43 bits per heavy atom. The second-order valence-electron chi connectivity index (χ2n) is 8.52. The van der Waals surface area contributed by atoms with Gasteiger partial charge in [0.25, 0.3) is 5.91 Å². The number of thioether (sulfide) groups is 1. The van der Waals surface area contributed by atoms with Crippen molar-refractivity contribution < 1.29 is 28.5 Å². The van der Waals surface area contributed by atoms with Crippen LogP contribution in [0.5, 0.6) is 23.0 Å². The summed E-state index contributed by atoms with van der Waals surface area (Å²) in [6, 6.07) is 27.0. The Morgan fingerprint density at radius 1 is 0.675 bits per heavy atom. The van der Waals surface area contributed by atoms with Crippen molar-refractivity contribution in [3.8, 4) is 23.0 Å². The van der Waals surface area contributed by atoms with Gasteiger partial charge in [0.1, 0.15) is 16.7 Å². The lowest BCUT2D eigenvalue weighted by Gasteiger charge is -2.19. The normalized spacial score (nSPS) is 11.2. The fraction of sp³-hybridized carbons (Fsp3) is 0.161. The van der Waals surface area contributed by atoms with Crippen molar-refractivity contribution in [1.82, 2.24) is 0 Å². The number of hydrogen-bond donors (Lipinski definition) is 2. The van der Waals surface area contributed by atoms with Gasteiger partial charge in [-0.05, 0) is 54.1 Å². The van der Waals surface area contributed by atoms with E-state index >= 15 is 0 Å². The topological polar surface area (TPSA) is 95.1 Å². The highest BCUT2D eigenvalue weighted by atomic mass is 32.2. The van der Waals surface area contributed by atoms with E-state index in [1.54, 1.807) is 49.6 Å². The van der Waals surface area contributed by atoms with E-state index in [9.17, 15) is 9.59 Å². The Hall–Kier alpha value is -4.63. The molecular weight excluding hydrogens is 528 g/mol.